The normalized spacial score (nSPS) is 42.6. The van der Waals surface area contributed by atoms with Gasteiger partial charge in [0.2, 0.25) is 0 Å². The predicted molar refractivity (Wildman–Crippen MR) is 119 cm³/mol. The van der Waals surface area contributed by atoms with Gasteiger partial charge >= 0.3 is 0 Å². The third kappa shape index (κ3) is 3.71. The van der Waals surface area contributed by atoms with Crippen LogP contribution in [0.2, 0.25) is 19.1 Å². The Balaban J connectivity index is 1.61. The van der Waals surface area contributed by atoms with Crippen molar-refractivity contribution in [1.82, 2.24) is 0 Å². The molecule has 4 saturated carbocycles. The van der Waals surface area contributed by atoms with Gasteiger partial charge < -0.3 is 4.43 Å². The molecule has 4 aliphatic rings. The Bertz CT molecular complexity index is 671. The molecule has 4 aliphatic carbocycles. The van der Waals surface area contributed by atoms with E-state index in [9.17, 15) is 9.59 Å². The lowest BCUT2D eigenvalue weighted by Crippen LogP contribution is -2.57. The number of ketones is 2. The summed E-state index contributed by atoms with van der Waals surface area (Å²) >= 11 is 0. The maximum Gasteiger partial charge on any atom is 0.187 e. The molecule has 3 nitrogen and oxygen atoms in total. The Morgan fingerprint density at radius 2 is 1.79 bits per heavy atom. The van der Waals surface area contributed by atoms with Gasteiger partial charge in [0.25, 0.3) is 0 Å². The fourth-order valence-corrected chi connectivity index (χ4v) is 11.0. The number of fused-ring (bicyclic) bond motifs is 5. The van der Waals surface area contributed by atoms with Gasteiger partial charge in [-0.15, -0.1) is 0 Å². The number of hydrogen-bond donors (Lipinski definition) is 0. The van der Waals surface area contributed by atoms with E-state index in [2.05, 4.69) is 33.9 Å². The number of Topliss-reactive ketones (excluding diaryl/α,β-unsaturated/α-hetero) is 2. The maximum atomic E-state index is 12.7. The molecule has 0 radical (unpaired) electrons. The van der Waals surface area contributed by atoms with Crippen LogP contribution >= 0.6 is 0 Å². The highest BCUT2D eigenvalue weighted by Crippen LogP contribution is 2.65. The first-order chi connectivity index (χ1) is 13.6. The third-order valence-corrected chi connectivity index (χ3v) is 12.2. The van der Waals surface area contributed by atoms with E-state index in [-0.39, 0.29) is 10.8 Å². The molecule has 4 fully saturated rings. The fraction of sp³-hybridized carbons (Fsp3) is 0.920. The molecular weight excluding hydrogens is 376 g/mol. The monoisotopic (exact) mass is 418 g/mol. The number of hydrogen-bond acceptors (Lipinski definition) is 3. The van der Waals surface area contributed by atoms with Gasteiger partial charge in [-0.05, 0) is 92.7 Å². The summed E-state index contributed by atoms with van der Waals surface area (Å²) in [4.78, 5) is 25.1. The van der Waals surface area contributed by atoms with Gasteiger partial charge in [-0.25, -0.2) is 0 Å². The smallest absolute Gasteiger partial charge is 0.187 e. The Morgan fingerprint density at radius 3 is 2.52 bits per heavy atom. The number of carbonyl (C=O) groups is 2. The molecule has 0 amide bonds. The number of rotatable bonds is 5. The average Bonchev–Trinajstić information content (AvgIpc) is 2.94. The Kier molecular flexibility index (Phi) is 5.68. The van der Waals surface area contributed by atoms with Crippen LogP contribution in [0.1, 0.15) is 78.6 Å². The minimum absolute atomic E-state index is 0.0633. The first kappa shape index (κ1) is 21.7. The summed E-state index contributed by atoms with van der Waals surface area (Å²) in [5, 5.41) is 0. The van der Waals surface area contributed by atoms with E-state index in [1.54, 1.807) is 0 Å². The molecule has 0 aromatic heterocycles. The molecular formula is C25H42O3Si. The predicted octanol–water partition coefficient (Wildman–Crippen LogP) is 6.03. The molecule has 4 heteroatoms. The largest absolute Gasteiger partial charge is 0.417 e. The van der Waals surface area contributed by atoms with Gasteiger partial charge in [0.15, 0.2) is 8.32 Å². The van der Waals surface area contributed by atoms with Crippen LogP contribution in [0.4, 0.5) is 0 Å². The quantitative estimate of drug-likeness (QED) is 0.512. The van der Waals surface area contributed by atoms with Crippen LogP contribution in [0.15, 0.2) is 0 Å². The van der Waals surface area contributed by atoms with Gasteiger partial charge in [-0.3, -0.25) is 9.59 Å². The second kappa shape index (κ2) is 7.58. The van der Waals surface area contributed by atoms with Crippen LogP contribution in [-0.4, -0.2) is 26.5 Å². The summed E-state index contributed by atoms with van der Waals surface area (Å²) in [6, 6.07) is 1.20. The molecule has 164 valence electrons. The van der Waals surface area contributed by atoms with E-state index < -0.39 is 8.32 Å². The van der Waals surface area contributed by atoms with E-state index >= 15 is 0 Å². The summed E-state index contributed by atoms with van der Waals surface area (Å²) in [5.41, 5.74) is 0.122. The molecule has 0 unspecified atom stereocenters. The van der Waals surface area contributed by atoms with E-state index in [1.165, 1.54) is 25.3 Å². The Morgan fingerprint density at radius 1 is 1.03 bits per heavy atom. The van der Waals surface area contributed by atoms with E-state index in [0.717, 1.165) is 45.1 Å². The highest BCUT2D eigenvalue weighted by Gasteiger charge is 2.61. The van der Waals surface area contributed by atoms with Crippen LogP contribution in [-0.2, 0) is 14.0 Å². The maximum absolute atomic E-state index is 12.7. The topological polar surface area (TPSA) is 43.4 Å². The molecule has 0 spiro atoms. The van der Waals surface area contributed by atoms with Gasteiger partial charge in [0.1, 0.15) is 11.6 Å². The van der Waals surface area contributed by atoms with Crippen molar-refractivity contribution in [2.75, 3.05) is 6.61 Å². The average molecular weight is 419 g/mol. The zero-order valence-electron chi connectivity index (χ0n) is 19.4. The van der Waals surface area contributed by atoms with Crippen molar-refractivity contribution in [1.29, 1.82) is 0 Å². The fourth-order valence-electron chi connectivity index (χ4n) is 8.27. The second-order valence-corrected chi connectivity index (χ2v) is 16.4. The Hall–Kier alpha value is -0.483. The zero-order valence-corrected chi connectivity index (χ0v) is 20.4. The lowest BCUT2D eigenvalue weighted by molar-refractivity contribution is -0.153. The van der Waals surface area contributed by atoms with Crippen LogP contribution in [0, 0.1) is 40.4 Å². The van der Waals surface area contributed by atoms with Gasteiger partial charge in [0, 0.05) is 31.3 Å². The first-order valence-electron chi connectivity index (χ1n) is 12.3. The SMILES string of the molecule is CC(C)C[Si](C)(C)OC[C@]12CCC(=O)C[C@@H]1CC[C@@H]1[C@@H]2CC[C@]2(C)C(=O)CC[C@@H]12. The molecule has 0 N–H and O–H groups in total. The minimum atomic E-state index is -1.70. The summed E-state index contributed by atoms with van der Waals surface area (Å²) in [6.45, 7) is 12.5. The Labute approximate surface area is 178 Å². The van der Waals surface area contributed by atoms with Crippen LogP contribution < -0.4 is 0 Å². The van der Waals surface area contributed by atoms with Crippen molar-refractivity contribution in [3.05, 3.63) is 0 Å². The molecule has 0 saturated heterocycles. The summed E-state index contributed by atoms with van der Waals surface area (Å²) in [7, 11) is -1.70. The van der Waals surface area contributed by atoms with Gasteiger partial charge in [-0.1, -0.05) is 20.8 Å². The lowest BCUT2D eigenvalue weighted by atomic mass is 9.45. The third-order valence-electron chi connectivity index (χ3n) is 9.52. The van der Waals surface area contributed by atoms with Crippen LogP contribution in [0.25, 0.3) is 0 Å². The molecule has 0 aromatic rings. The van der Waals surface area contributed by atoms with Gasteiger partial charge in [-0.2, -0.15) is 0 Å². The molecule has 4 rings (SSSR count). The summed E-state index contributed by atoms with van der Waals surface area (Å²) in [5.74, 6) is 4.08. The van der Waals surface area contributed by atoms with Crippen molar-refractivity contribution in [2.45, 2.75) is 97.7 Å². The highest BCUT2D eigenvalue weighted by atomic mass is 28.4. The second-order valence-electron chi connectivity index (χ2n) is 12.2. The highest BCUT2D eigenvalue weighted by molar-refractivity contribution is 6.71. The zero-order chi connectivity index (χ0) is 21.0. The number of carbonyl (C=O) groups excluding carboxylic acids is 2. The first-order valence-corrected chi connectivity index (χ1v) is 15.4. The lowest BCUT2D eigenvalue weighted by Gasteiger charge is -2.60. The molecule has 0 bridgehead atoms. The van der Waals surface area contributed by atoms with E-state index in [4.69, 9.17) is 4.43 Å². The van der Waals surface area contributed by atoms with Crippen molar-refractivity contribution in [2.24, 2.45) is 40.4 Å². The molecule has 6 atom stereocenters. The molecule has 29 heavy (non-hydrogen) atoms. The van der Waals surface area contributed by atoms with Crippen molar-refractivity contribution in [3.8, 4) is 0 Å². The van der Waals surface area contributed by atoms with E-state index in [1.807, 2.05) is 0 Å². The standard InChI is InChI=1S/C25H42O3Si/c1-17(2)15-29(4,5)28-16-25-13-10-19(26)14-18(25)6-7-20-21-8-9-23(27)24(21,3)12-11-22(20)25/h17-18,20-22H,6-16H2,1-5H3/t18-,20-,21-,22-,24-,25+/m0/s1. The van der Waals surface area contributed by atoms with Crippen LogP contribution in [0.3, 0.4) is 0 Å². The van der Waals surface area contributed by atoms with E-state index in [0.29, 0.717) is 41.2 Å². The minimum Gasteiger partial charge on any atom is -0.417 e. The van der Waals surface area contributed by atoms with Crippen LogP contribution in [0.5, 0.6) is 0 Å². The van der Waals surface area contributed by atoms with Crippen molar-refractivity contribution in [3.63, 3.8) is 0 Å². The summed E-state index contributed by atoms with van der Waals surface area (Å²) in [6.07, 6.45) is 9.08. The molecule has 0 heterocycles. The molecule has 0 aromatic carbocycles. The van der Waals surface area contributed by atoms with Gasteiger partial charge in [0.05, 0.1) is 0 Å². The van der Waals surface area contributed by atoms with Crippen molar-refractivity contribution < 1.29 is 14.0 Å². The summed E-state index contributed by atoms with van der Waals surface area (Å²) < 4.78 is 6.84. The van der Waals surface area contributed by atoms with Crippen molar-refractivity contribution >= 4 is 19.9 Å². The molecule has 0 aliphatic heterocycles.